The molecule has 0 atom stereocenters. The molecular formula is C31H53NO12. The highest BCUT2D eigenvalue weighted by molar-refractivity contribution is 5.41. The van der Waals surface area contributed by atoms with Gasteiger partial charge in [0.15, 0.2) is 0 Å². The molecule has 0 saturated carbocycles. The molecule has 0 heterocycles. The van der Waals surface area contributed by atoms with Gasteiger partial charge in [-0.05, 0) is 24.3 Å². The van der Waals surface area contributed by atoms with Crippen molar-refractivity contribution in [2.45, 2.75) is 0 Å². The highest BCUT2D eigenvalue weighted by Crippen LogP contribution is 2.12. The van der Waals surface area contributed by atoms with Crippen molar-refractivity contribution in [1.82, 2.24) is 0 Å². The van der Waals surface area contributed by atoms with E-state index in [-0.39, 0.29) is 0 Å². The average Bonchev–Trinajstić information content (AvgIpc) is 3.03. The highest BCUT2D eigenvalue weighted by atomic mass is 16.6. The van der Waals surface area contributed by atoms with Crippen LogP contribution in [0.25, 0.3) is 0 Å². The number of nitrogens with two attached hydrogens (primary N) is 1. The summed E-state index contributed by atoms with van der Waals surface area (Å²) in [6, 6.07) is 7.26. The number of terminal acetylenes is 1. The third-order valence-corrected chi connectivity index (χ3v) is 5.28. The molecule has 0 bridgehead atoms. The van der Waals surface area contributed by atoms with Crippen LogP contribution in [-0.4, -0.2) is 152 Å². The summed E-state index contributed by atoms with van der Waals surface area (Å²) in [4.78, 5) is 0. The van der Waals surface area contributed by atoms with Crippen LogP contribution in [0, 0.1) is 12.3 Å². The van der Waals surface area contributed by atoms with Gasteiger partial charge in [0.1, 0.15) is 19.0 Å². The van der Waals surface area contributed by atoms with Crippen molar-refractivity contribution in [2.75, 3.05) is 158 Å². The fourth-order valence-corrected chi connectivity index (χ4v) is 3.11. The SMILES string of the molecule is C#CCOCCOCCOCCOCCOCCOCCOCCOCCOCCOCCOCCOc1ccc(N)cc1. The molecule has 1 aromatic carbocycles. The maximum absolute atomic E-state index is 5.64. The number of hydrogen-bond donors (Lipinski definition) is 1. The summed E-state index contributed by atoms with van der Waals surface area (Å²) < 4.78 is 65.1. The molecule has 0 unspecified atom stereocenters. The largest absolute Gasteiger partial charge is 0.491 e. The van der Waals surface area contributed by atoms with Gasteiger partial charge in [-0.1, -0.05) is 5.92 Å². The van der Waals surface area contributed by atoms with E-state index in [2.05, 4.69) is 5.92 Å². The summed E-state index contributed by atoms with van der Waals surface area (Å²) in [5, 5.41) is 0. The molecule has 0 radical (unpaired) electrons. The standard InChI is InChI=1S/C31H53NO12/c1-2-7-33-8-9-34-10-11-35-12-13-36-14-15-37-16-17-38-18-19-39-20-21-40-22-23-41-24-25-42-26-27-43-28-29-44-31-5-3-30(32)4-6-31/h1,3-6H,7-29,32H2. The lowest BCUT2D eigenvalue weighted by molar-refractivity contribution is -0.0275. The second kappa shape index (κ2) is 33.8. The van der Waals surface area contributed by atoms with Crippen molar-refractivity contribution in [1.29, 1.82) is 0 Å². The molecule has 13 heteroatoms. The van der Waals surface area contributed by atoms with E-state index in [0.717, 1.165) is 5.75 Å². The topological polar surface area (TPSA) is 137 Å². The van der Waals surface area contributed by atoms with E-state index in [1.807, 2.05) is 12.1 Å². The lowest BCUT2D eigenvalue weighted by Crippen LogP contribution is -2.15. The van der Waals surface area contributed by atoms with Gasteiger partial charge in [-0.15, -0.1) is 6.42 Å². The molecule has 0 fully saturated rings. The molecule has 44 heavy (non-hydrogen) atoms. The number of ether oxygens (including phenoxy) is 12. The molecule has 2 N–H and O–H groups in total. The van der Waals surface area contributed by atoms with Gasteiger partial charge in [-0.3, -0.25) is 0 Å². The predicted molar refractivity (Wildman–Crippen MR) is 164 cm³/mol. The monoisotopic (exact) mass is 631 g/mol. The lowest BCUT2D eigenvalue weighted by atomic mass is 10.3. The quantitative estimate of drug-likeness (QED) is 0.0658. The minimum absolute atomic E-state index is 0.306. The van der Waals surface area contributed by atoms with Crippen LogP contribution in [0.15, 0.2) is 24.3 Å². The van der Waals surface area contributed by atoms with E-state index in [1.54, 1.807) is 12.1 Å². The second-order valence-corrected chi connectivity index (χ2v) is 8.80. The van der Waals surface area contributed by atoms with Crippen molar-refractivity contribution < 1.29 is 56.8 Å². The van der Waals surface area contributed by atoms with E-state index in [0.29, 0.717) is 158 Å². The summed E-state index contributed by atoms with van der Waals surface area (Å²) in [5.74, 6) is 3.17. The van der Waals surface area contributed by atoms with Crippen molar-refractivity contribution >= 4 is 5.69 Å². The van der Waals surface area contributed by atoms with E-state index in [4.69, 9.17) is 69.0 Å². The summed E-state index contributed by atoms with van der Waals surface area (Å²) >= 11 is 0. The first-order chi connectivity index (χ1) is 21.8. The molecule has 0 aliphatic heterocycles. The van der Waals surface area contributed by atoms with Crippen LogP contribution >= 0.6 is 0 Å². The Balaban J connectivity index is 1.62. The lowest BCUT2D eigenvalue weighted by Gasteiger charge is -2.09. The number of benzene rings is 1. The van der Waals surface area contributed by atoms with Crippen molar-refractivity contribution in [3.05, 3.63) is 24.3 Å². The maximum atomic E-state index is 5.64. The van der Waals surface area contributed by atoms with Gasteiger partial charge in [0.25, 0.3) is 0 Å². The normalized spacial score (nSPS) is 11.2. The van der Waals surface area contributed by atoms with Crippen LogP contribution in [0.4, 0.5) is 5.69 Å². The Morgan fingerprint density at radius 3 is 0.909 bits per heavy atom. The molecule has 1 aromatic rings. The van der Waals surface area contributed by atoms with Gasteiger partial charge in [0.05, 0.1) is 139 Å². The van der Waals surface area contributed by atoms with Gasteiger partial charge in [0.2, 0.25) is 0 Å². The Bertz CT molecular complexity index is 750. The van der Waals surface area contributed by atoms with Crippen LogP contribution in [0.2, 0.25) is 0 Å². The molecule has 0 amide bonds. The minimum atomic E-state index is 0.306. The Hall–Kier alpha value is -2.06. The molecule has 0 spiro atoms. The summed E-state index contributed by atoms with van der Waals surface area (Å²) in [5.41, 5.74) is 6.35. The zero-order valence-corrected chi connectivity index (χ0v) is 26.1. The Kier molecular flexibility index (Phi) is 30.7. The van der Waals surface area contributed by atoms with Gasteiger partial charge in [-0.2, -0.15) is 0 Å². The van der Waals surface area contributed by atoms with E-state index in [1.165, 1.54) is 0 Å². The van der Waals surface area contributed by atoms with E-state index in [9.17, 15) is 0 Å². The first kappa shape index (κ1) is 40.0. The molecule has 0 saturated heterocycles. The van der Waals surface area contributed by atoms with Crippen LogP contribution in [0.1, 0.15) is 0 Å². The summed E-state index contributed by atoms with van der Waals surface area (Å²) in [6.07, 6.45) is 5.08. The highest BCUT2D eigenvalue weighted by Gasteiger charge is 1.97. The van der Waals surface area contributed by atoms with Gasteiger partial charge in [0, 0.05) is 5.69 Å². The zero-order valence-electron chi connectivity index (χ0n) is 26.1. The van der Waals surface area contributed by atoms with Crippen molar-refractivity contribution in [3.8, 4) is 18.1 Å². The van der Waals surface area contributed by atoms with Crippen LogP contribution in [0.5, 0.6) is 5.75 Å². The number of anilines is 1. The smallest absolute Gasteiger partial charge is 0.119 e. The molecule has 13 nitrogen and oxygen atoms in total. The van der Waals surface area contributed by atoms with Crippen LogP contribution < -0.4 is 10.5 Å². The molecule has 0 aliphatic rings. The van der Waals surface area contributed by atoms with E-state index >= 15 is 0 Å². The summed E-state index contributed by atoms with van der Waals surface area (Å²) in [7, 11) is 0. The van der Waals surface area contributed by atoms with Gasteiger partial charge >= 0.3 is 0 Å². The first-order valence-electron chi connectivity index (χ1n) is 15.1. The van der Waals surface area contributed by atoms with Gasteiger partial charge < -0.3 is 62.6 Å². The van der Waals surface area contributed by atoms with Crippen molar-refractivity contribution in [3.63, 3.8) is 0 Å². The maximum Gasteiger partial charge on any atom is 0.119 e. The third kappa shape index (κ3) is 30.0. The van der Waals surface area contributed by atoms with Crippen LogP contribution in [0.3, 0.4) is 0 Å². The number of nitrogen functional groups attached to an aromatic ring is 1. The molecule has 0 aliphatic carbocycles. The Morgan fingerprint density at radius 1 is 0.386 bits per heavy atom. The second-order valence-electron chi connectivity index (χ2n) is 8.80. The first-order valence-corrected chi connectivity index (χ1v) is 15.1. The third-order valence-electron chi connectivity index (χ3n) is 5.28. The Labute approximate surface area is 262 Å². The fraction of sp³-hybridized carbons (Fsp3) is 0.742. The predicted octanol–water partition coefficient (Wildman–Crippen LogP) is 1.46. The molecular weight excluding hydrogens is 578 g/mol. The molecule has 1 rings (SSSR count). The minimum Gasteiger partial charge on any atom is -0.491 e. The van der Waals surface area contributed by atoms with E-state index < -0.39 is 0 Å². The fourth-order valence-electron chi connectivity index (χ4n) is 3.11. The van der Waals surface area contributed by atoms with Crippen molar-refractivity contribution in [2.24, 2.45) is 0 Å². The van der Waals surface area contributed by atoms with Gasteiger partial charge in [-0.25, -0.2) is 0 Å². The zero-order chi connectivity index (χ0) is 31.4. The number of rotatable bonds is 35. The number of hydrogen-bond acceptors (Lipinski definition) is 13. The Morgan fingerprint density at radius 2 is 0.636 bits per heavy atom. The summed E-state index contributed by atoms with van der Waals surface area (Å²) in [6.45, 7) is 11.4. The molecule has 254 valence electrons. The average molecular weight is 632 g/mol. The van der Waals surface area contributed by atoms with Crippen LogP contribution in [-0.2, 0) is 52.1 Å². The molecule has 0 aromatic heterocycles.